The molecule has 14 heteroatoms. The minimum Gasteiger partial charge on any atom is -0.353 e. The van der Waals surface area contributed by atoms with Crippen LogP contribution in [0.4, 0.5) is 11.8 Å². The lowest BCUT2D eigenvalue weighted by molar-refractivity contribution is 0.194. The summed E-state index contributed by atoms with van der Waals surface area (Å²) in [4.78, 5) is 23.0. The molecular weight excluding hydrogens is 567 g/mol. The third kappa shape index (κ3) is 10.2. The van der Waals surface area contributed by atoms with E-state index in [1.807, 2.05) is 29.1 Å². The number of rotatable bonds is 17. The van der Waals surface area contributed by atoms with E-state index in [1.165, 1.54) is 32.1 Å². The van der Waals surface area contributed by atoms with E-state index in [1.54, 1.807) is 0 Å². The predicted molar refractivity (Wildman–Crippen MR) is 170 cm³/mol. The zero-order valence-electron chi connectivity index (χ0n) is 25.1. The van der Waals surface area contributed by atoms with E-state index in [-0.39, 0.29) is 6.61 Å². The van der Waals surface area contributed by atoms with E-state index >= 15 is 0 Å². The van der Waals surface area contributed by atoms with Crippen molar-refractivity contribution in [3.05, 3.63) is 36.2 Å². The van der Waals surface area contributed by atoms with Crippen LogP contribution in [0.25, 0.3) is 10.9 Å². The summed E-state index contributed by atoms with van der Waals surface area (Å²) in [7, 11) is -2.88. The molecule has 3 aromatic rings. The Hall–Kier alpha value is -2.67. The van der Waals surface area contributed by atoms with Gasteiger partial charge in [-0.25, -0.2) is 4.98 Å². The molecule has 1 aliphatic carbocycles. The summed E-state index contributed by atoms with van der Waals surface area (Å²) < 4.78 is 17.6. The lowest BCUT2D eigenvalue weighted by Crippen LogP contribution is -2.47. The molecule has 1 saturated heterocycles. The molecule has 3 heterocycles. The minimum atomic E-state index is -2.88. The maximum absolute atomic E-state index is 10.8. The van der Waals surface area contributed by atoms with E-state index < -0.39 is 8.25 Å². The number of anilines is 2. The Bertz CT molecular complexity index is 1280. The van der Waals surface area contributed by atoms with E-state index in [0.29, 0.717) is 19.0 Å². The third-order valence-corrected chi connectivity index (χ3v) is 8.66. The first kappa shape index (κ1) is 31.7. The molecule has 236 valence electrons. The van der Waals surface area contributed by atoms with Crippen molar-refractivity contribution in [2.45, 2.75) is 64.1 Å². The summed E-state index contributed by atoms with van der Waals surface area (Å²) in [6.45, 7) is 8.58. The highest BCUT2D eigenvalue weighted by Gasteiger charge is 2.21. The maximum Gasteiger partial charge on any atom is 0.316 e. The fourth-order valence-electron chi connectivity index (χ4n) is 5.84. The molecule has 1 aromatic carbocycles. The van der Waals surface area contributed by atoms with Crippen LogP contribution in [0, 0.1) is 0 Å². The van der Waals surface area contributed by atoms with Gasteiger partial charge >= 0.3 is 8.25 Å². The Morgan fingerprint density at radius 2 is 1.79 bits per heavy atom. The second-order valence-electron chi connectivity index (χ2n) is 11.4. The second kappa shape index (κ2) is 17.0. The average molecular weight is 615 g/mol. The van der Waals surface area contributed by atoms with Crippen LogP contribution in [0.15, 0.2) is 30.5 Å². The topological polar surface area (TPSA) is 146 Å². The first-order chi connectivity index (χ1) is 21.1. The van der Waals surface area contributed by atoms with Gasteiger partial charge in [-0.3, -0.25) is 14.1 Å². The third-order valence-electron chi connectivity index (χ3n) is 8.21. The van der Waals surface area contributed by atoms with Gasteiger partial charge in [0.15, 0.2) is 0 Å². The van der Waals surface area contributed by atoms with E-state index in [0.717, 1.165) is 93.7 Å². The first-order valence-electron chi connectivity index (χ1n) is 15.8. The van der Waals surface area contributed by atoms with Gasteiger partial charge < -0.3 is 30.3 Å². The van der Waals surface area contributed by atoms with Crippen LogP contribution in [0.5, 0.6) is 0 Å². The molecule has 0 amide bonds. The molecule has 1 unspecified atom stereocenters. The summed E-state index contributed by atoms with van der Waals surface area (Å²) in [5, 5.41) is 20.3. The molecule has 4 N–H and O–H groups in total. The average Bonchev–Trinajstić information content (AvgIpc) is 3.49. The van der Waals surface area contributed by atoms with Gasteiger partial charge in [0.2, 0.25) is 5.95 Å². The summed E-state index contributed by atoms with van der Waals surface area (Å²) in [6.07, 6.45) is 11.0. The highest BCUT2D eigenvalue weighted by atomic mass is 31.1. The molecule has 2 aromatic heterocycles. The number of aryl methyl sites for hydroxylation is 1. The minimum absolute atomic E-state index is 0.262. The summed E-state index contributed by atoms with van der Waals surface area (Å²) in [5.74, 6) is 1.47. The van der Waals surface area contributed by atoms with Gasteiger partial charge in [0.25, 0.3) is 0 Å². The van der Waals surface area contributed by atoms with Gasteiger partial charge in [-0.05, 0) is 57.5 Å². The molecule has 0 bridgehead atoms. The van der Waals surface area contributed by atoms with E-state index in [4.69, 9.17) is 19.4 Å². The summed E-state index contributed by atoms with van der Waals surface area (Å²) in [6, 6.07) is 8.80. The molecule has 1 atom stereocenters. The van der Waals surface area contributed by atoms with Gasteiger partial charge in [0.05, 0.1) is 24.9 Å². The quantitative estimate of drug-likeness (QED) is 0.131. The number of benzene rings is 1. The summed E-state index contributed by atoms with van der Waals surface area (Å²) >= 11 is 0. The van der Waals surface area contributed by atoms with Crippen LogP contribution < -0.4 is 20.9 Å². The fourth-order valence-corrected chi connectivity index (χ4v) is 6.11. The molecule has 0 radical (unpaired) electrons. The van der Waals surface area contributed by atoms with E-state index in [9.17, 15) is 4.57 Å². The van der Waals surface area contributed by atoms with Gasteiger partial charge in [0.1, 0.15) is 11.5 Å². The van der Waals surface area contributed by atoms with E-state index in [2.05, 4.69) is 42.1 Å². The number of aromatic nitrogens is 5. The number of para-hydroxylation sites is 1. The molecule has 13 nitrogen and oxygen atoms in total. The van der Waals surface area contributed by atoms with Crippen LogP contribution in [-0.4, -0.2) is 99.8 Å². The number of hydrogen-bond acceptors (Lipinski definition) is 11. The van der Waals surface area contributed by atoms with Crippen molar-refractivity contribution in [2.24, 2.45) is 0 Å². The highest BCUT2D eigenvalue weighted by molar-refractivity contribution is 7.32. The molecule has 1 saturated carbocycles. The van der Waals surface area contributed by atoms with Crippen LogP contribution in [0.1, 0.15) is 50.6 Å². The van der Waals surface area contributed by atoms with Crippen LogP contribution in [0.2, 0.25) is 0 Å². The highest BCUT2D eigenvalue weighted by Crippen LogP contribution is 2.26. The Kier molecular flexibility index (Phi) is 12.5. The Balaban J connectivity index is 1.04. The number of fused-ring (bicyclic) bond motifs is 1. The molecule has 1 aliphatic heterocycles. The van der Waals surface area contributed by atoms with Gasteiger partial charge in [-0.1, -0.05) is 36.6 Å². The lowest BCUT2D eigenvalue weighted by atomic mass is 9.95. The molecule has 5 rings (SSSR count). The zero-order valence-corrected chi connectivity index (χ0v) is 26.1. The summed E-state index contributed by atoms with van der Waals surface area (Å²) in [5.41, 5.74) is 1.74. The number of nitrogens with zero attached hydrogens (tertiary/aromatic N) is 7. The van der Waals surface area contributed by atoms with Crippen LogP contribution in [-0.2, 0) is 22.2 Å². The standard InChI is InChI=1S/C29H47N10O3P/c40-43(41)42-21-20-37-16-18-38(19-17-37)28-26-10-4-5-11-27(26)33-29(34-28)32-22-25-23-39(36-35-25)15-7-13-30-12-6-14-31-24-8-2-1-3-9-24/h4-5,10-11,23-24,30-31,43H,1-3,6-9,12-22H2,(H,40,41)(H,32,33,34). The predicted octanol–water partition coefficient (Wildman–Crippen LogP) is 2.65. The van der Waals surface area contributed by atoms with Gasteiger partial charge in [-0.2, -0.15) is 4.98 Å². The van der Waals surface area contributed by atoms with Crippen LogP contribution in [0.3, 0.4) is 0 Å². The van der Waals surface area contributed by atoms with Crippen molar-refractivity contribution < 1.29 is 14.0 Å². The smallest absolute Gasteiger partial charge is 0.316 e. The number of nitrogens with one attached hydrogen (secondary N) is 3. The Morgan fingerprint density at radius 3 is 2.63 bits per heavy atom. The lowest BCUT2D eigenvalue weighted by Gasteiger charge is -2.35. The van der Waals surface area contributed by atoms with Crippen molar-refractivity contribution in [1.82, 2.24) is 40.5 Å². The number of hydrogen-bond donors (Lipinski definition) is 4. The molecule has 2 aliphatic rings. The normalized spacial score (nSPS) is 17.5. The SMILES string of the molecule is O=[PH](O)OCCN1CCN(c2nc(NCc3cn(CCCNCCCNC4CCCCC4)nn3)nc3ccccc23)CC1. The zero-order chi connectivity index (χ0) is 29.7. The molecule has 2 fully saturated rings. The maximum atomic E-state index is 10.8. The Morgan fingerprint density at radius 1 is 0.977 bits per heavy atom. The van der Waals surface area contributed by atoms with Crippen molar-refractivity contribution in [3.63, 3.8) is 0 Å². The van der Waals surface area contributed by atoms with Gasteiger partial charge in [0, 0.05) is 50.7 Å². The largest absolute Gasteiger partial charge is 0.353 e. The molecule has 0 spiro atoms. The monoisotopic (exact) mass is 614 g/mol. The van der Waals surface area contributed by atoms with Crippen LogP contribution >= 0.6 is 8.25 Å². The fraction of sp³-hybridized carbons (Fsp3) is 0.655. The van der Waals surface area contributed by atoms with Crippen molar-refractivity contribution >= 4 is 30.9 Å². The van der Waals surface area contributed by atoms with Gasteiger partial charge in [-0.15, -0.1) is 5.10 Å². The molecule has 43 heavy (non-hydrogen) atoms. The first-order valence-corrected chi connectivity index (χ1v) is 17.1. The van der Waals surface area contributed by atoms with Crippen molar-refractivity contribution in [3.8, 4) is 0 Å². The second-order valence-corrected chi connectivity index (χ2v) is 12.2. The number of piperazine rings is 1. The molecular formula is C29H47N10O3P. The van der Waals surface area contributed by atoms with Crippen molar-refractivity contribution in [1.29, 1.82) is 0 Å². The van der Waals surface area contributed by atoms with Crippen molar-refractivity contribution in [2.75, 3.05) is 69.2 Å². The Labute approximate surface area is 254 Å².